The maximum Gasteiger partial charge on any atom is 0.413 e. The summed E-state index contributed by atoms with van der Waals surface area (Å²) in [7, 11) is 0. The van der Waals surface area contributed by atoms with Crippen LogP contribution in [0, 0.1) is 0 Å². The van der Waals surface area contributed by atoms with Gasteiger partial charge in [0, 0.05) is 24.9 Å². The number of amides is 2. The van der Waals surface area contributed by atoms with E-state index in [-0.39, 0.29) is 12.5 Å². The van der Waals surface area contributed by atoms with Crippen molar-refractivity contribution in [2.24, 2.45) is 0 Å². The number of aromatic nitrogens is 1. The Hall–Kier alpha value is -1.67. The Balaban J connectivity index is 1.81. The highest BCUT2D eigenvalue weighted by Gasteiger charge is 2.19. The number of nitrogens with zero attached hydrogens (tertiary/aromatic N) is 2. The van der Waals surface area contributed by atoms with Gasteiger partial charge in [-0.3, -0.25) is 10.1 Å². The number of hydrogen-bond donors (Lipinski definition) is 1. The molecule has 0 unspecified atom stereocenters. The predicted molar refractivity (Wildman–Crippen MR) is 83.1 cm³/mol. The molecule has 7 nitrogen and oxygen atoms in total. The first-order chi connectivity index (χ1) is 10.3. The number of rotatable bonds is 4. The Morgan fingerprint density at radius 1 is 1.55 bits per heavy atom. The van der Waals surface area contributed by atoms with Gasteiger partial charge < -0.3 is 14.4 Å². The smallest absolute Gasteiger partial charge is 0.413 e. The summed E-state index contributed by atoms with van der Waals surface area (Å²) in [6.45, 7) is 7.37. The van der Waals surface area contributed by atoms with Gasteiger partial charge in [-0.25, -0.2) is 9.78 Å². The maximum absolute atomic E-state index is 11.7. The summed E-state index contributed by atoms with van der Waals surface area (Å²) in [5.74, 6) is 0.00795. The molecule has 1 aliphatic rings. The van der Waals surface area contributed by atoms with E-state index >= 15 is 0 Å². The van der Waals surface area contributed by atoms with E-state index < -0.39 is 11.7 Å². The summed E-state index contributed by atoms with van der Waals surface area (Å²) >= 11 is 1.34. The van der Waals surface area contributed by atoms with Gasteiger partial charge in [0.25, 0.3) is 0 Å². The summed E-state index contributed by atoms with van der Waals surface area (Å²) in [5.41, 5.74) is 0.302. The Kier molecular flexibility index (Phi) is 5.36. The summed E-state index contributed by atoms with van der Waals surface area (Å²) < 4.78 is 10.3. The van der Waals surface area contributed by atoms with Crippen LogP contribution in [0.25, 0.3) is 0 Å². The topological polar surface area (TPSA) is 80.8 Å². The van der Waals surface area contributed by atoms with E-state index in [0.29, 0.717) is 31.2 Å². The van der Waals surface area contributed by atoms with Gasteiger partial charge >= 0.3 is 6.09 Å². The molecule has 0 aromatic carbocycles. The molecule has 2 rings (SSSR count). The zero-order valence-corrected chi connectivity index (χ0v) is 13.9. The number of carbonyl (C=O) groups is 2. The minimum Gasteiger partial charge on any atom is -0.444 e. The number of carbonyl (C=O) groups excluding carboxylic acids is 2. The Morgan fingerprint density at radius 3 is 3.00 bits per heavy atom. The standard InChI is InChI=1S/C14H21N3O4S/c1-14(2,3)21-13(19)16-12-15-10(9-22-12)4-5-17-6-7-20-8-11(17)18/h9H,4-8H2,1-3H3,(H,15,16,19). The molecule has 1 aromatic heterocycles. The van der Waals surface area contributed by atoms with Gasteiger partial charge in [-0.1, -0.05) is 0 Å². The third-order valence-electron chi connectivity index (χ3n) is 2.88. The summed E-state index contributed by atoms with van der Waals surface area (Å²) in [4.78, 5) is 29.4. The molecule has 8 heteroatoms. The molecular formula is C14H21N3O4S. The average molecular weight is 327 g/mol. The lowest BCUT2D eigenvalue weighted by molar-refractivity contribution is -0.142. The van der Waals surface area contributed by atoms with Crippen LogP contribution in [0.4, 0.5) is 9.93 Å². The number of thiazole rings is 1. The van der Waals surface area contributed by atoms with Gasteiger partial charge in [-0.15, -0.1) is 11.3 Å². The molecule has 0 bridgehead atoms. The van der Waals surface area contributed by atoms with Crippen molar-refractivity contribution in [2.45, 2.75) is 32.8 Å². The van der Waals surface area contributed by atoms with Crippen molar-refractivity contribution in [3.05, 3.63) is 11.1 Å². The van der Waals surface area contributed by atoms with Crippen LogP contribution in [-0.4, -0.2) is 53.8 Å². The number of hydrogen-bond acceptors (Lipinski definition) is 6. The molecule has 0 saturated carbocycles. The summed E-state index contributed by atoms with van der Waals surface area (Å²) in [6.07, 6.45) is 0.134. The van der Waals surface area contributed by atoms with Crippen molar-refractivity contribution < 1.29 is 19.1 Å². The fourth-order valence-electron chi connectivity index (χ4n) is 1.91. The number of morpholine rings is 1. The Morgan fingerprint density at radius 2 is 2.32 bits per heavy atom. The van der Waals surface area contributed by atoms with Gasteiger partial charge in [0.1, 0.15) is 12.2 Å². The number of nitrogens with one attached hydrogen (secondary N) is 1. The number of anilines is 1. The van der Waals surface area contributed by atoms with E-state index in [1.54, 1.807) is 25.7 Å². The SMILES string of the molecule is CC(C)(C)OC(=O)Nc1nc(CCN2CCOCC2=O)cs1. The van der Waals surface area contributed by atoms with Crippen LogP contribution in [0.15, 0.2) is 5.38 Å². The lowest BCUT2D eigenvalue weighted by Crippen LogP contribution is -2.42. The van der Waals surface area contributed by atoms with Crippen LogP contribution in [0.3, 0.4) is 0 Å². The highest BCUT2D eigenvalue weighted by molar-refractivity contribution is 7.13. The van der Waals surface area contributed by atoms with Crippen molar-refractivity contribution in [3.8, 4) is 0 Å². The second-order valence-corrected chi connectivity index (χ2v) is 6.81. The predicted octanol–water partition coefficient (Wildman–Crippen LogP) is 1.89. The zero-order chi connectivity index (χ0) is 16.2. The van der Waals surface area contributed by atoms with E-state index in [1.165, 1.54) is 11.3 Å². The van der Waals surface area contributed by atoms with Crippen LogP contribution < -0.4 is 5.32 Å². The molecule has 1 aromatic rings. The molecular weight excluding hydrogens is 306 g/mol. The molecule has 1 N–H and O–H groups in total. The van der Waals surface area contributed by atoms with Gasteiger partial charge in [0.15, 0.2) is 5.13 Å². The van der Waals surface area contributed by atoms with Gasteiger partial charge in [-0.05, 0) is 20.8 Å². The molecule has 0 atom stereocenters. The Bertz CT molecular complexity index is 538. The van der Waals surface area contributed by atoms with E-state index in [2.05, 4.69) is 10.3 Å². The molecule has 2 heterocycles. The minimum atomic E-state index is -0.541. The molecule has 2 amide bonds. The van der Waals surface area contributed by atoms with E-state index in [0.717, 1.165) is 5.69 Å². The second kappa shape index (κ2) is 7.06. The third kappa shape index (κ3) is 5.27. The molecule has 0 radical (unpaired) electrons. The van der Waals surface area contributed by atoms with Crippen LogP contribution in [0.2, 0.25) is 0 Å². The number of ether oxygens (including phenoxy) is 2. The molecule has 1 fully saturated rings. The fourth-order valence-corrected chi connectivity index (χ4v) is 2.64. The second-order valence-electron chi connectivity index (χ2n) is 5.95. The molecule has 1 saturated heterocycles. The van der Waals surface area contributed by atoms with Crippen molar-refractivity contribution in [1.82, 2.24) is 9.88 Å². The normalized spacial score (nSPS) is 15.8. The first-order valence-corrected chi connectivity index (χ1v) is 8.01. The van der Waals surface area contributed by atoms with Crippen molar-refractivity contribution in [1.29, 1.82) is 0 Å². The van der Waals surface area contributed by atoms with Crippen LogP contribution in [0.5, 0.6) is 0 Å². The average Bonchev–Trinajstić information content (AvgIpc) is 2.83. The third-order valence-corrected chi connectivity index (χ3v) is 3.69. The quantitative estimate of drug-likeness (QED) is 0.913. The molecule has 0 spiro atoms. The highest BCUT2D eigenvalue weighted by atomic mass is 32.1. The summed E-state index contributed by atoms with van der Waals surface area (Å²) in [6, 6.07) is 0. The van der Waals surface area contributed by atoms with Crippen LogP contribution in [-0.2, 0) is 20.7 Å². The van der Waals surface area contributed by atoms with Crippen LogP contribution >= 0.6 is 11.3 Å². The maximum atomic E-state index is 11.7. The van der Waals surface area contributed by atoms with E-state index in [1.807, 2.05) is 5.38 Å². The van der Waals surface area contributed by atoms with Gasteiger partial charge in [-0.2, -0.15) is 0 Å². The Labute approximate surface area is 133 Å². The first-order valence-electron chi connectivity index (χ1n) is 7.13. The largest absolute Gasteiger partial charge is 0.444 e. The zero-order valence-electron chi connectivity index (χ0n) is 13.0. The molecule has 22 heavy (non-hydrogen) atoms. The van der Waals surface area contributed by atoms with Crippen LogP contribution in [0.1, 0.15) is 26.5 Å². The van der Waals surface area contributed by atoms with E-state index in [4.69, 9.17) is 9.47 Å². The molecule has 1 aliphatic heterocycles. The van der Waals surface area contributed by atoms with Gasteiger partial charge in [0.05, 0.1) is 12.3 Å². The van der Waals surface area contributed by atoms with E-state index in [9.17, 15) is 9.59 Å². The highest BCUT2D eigenvalue weighted by Crippen LogP contribution is 2.18. The first kappa shape index (κ1) is 16.7. The van der Waals surface area contributed by atoms with Crippen molar-refractivity contribution in [2.75, 3.05) is 31.6 Å². The molecule has 122 valence electrons. The fraction of sp³-hybridized carbons (Fsp3) is 0.643. The van der Waals surface area contributed by atoms with Gasteiger partial charge in [0.2, 0.25) is 5.91 Å². The minimum absolute atomic E-state index is 0.00795. The van der Waals surface area contributed by atoms with Crippen molar-refractivity contribution in [3.63, 3.8) is 0 Å². The molecule has 0 aliphatic carbocycles. The summed E-state index contributed by atoms with van der Waals surface area (Å²) in [5, 5.41) is 4.98. The lowest BCUT2D eigenvalue weighted by atomic mass is 10.2. The lowest BCUT2D eigenvalue weighted by Gasteiger charge is -2.26. The monoisotopic (exact) mass is 327 g/mol. The van der Waals surface area contributed by atoms with Crippen molar-refractivity contribution >= 4 is 28.5 Å².